The van der Waals surface area contributed by atoms with E-state index in [2.05, 4.69) is 25.2 Å². The van der Waals surface area contributed by atoms with E-state index in [1.165, 1.54) is 24.8 Å². The molecule has 3 unspecified atom stereocenters. The predicted octanol–water partition coefficient (Wildman–Crippen LogP) is 4.83. The van der Waals surface area contributed by atoms with Crippen molar-refractivity contribution in [1.29, 1.82) is 0 Å². The van der Waals surface area contributed by atoms with Crippen molar-refractivity contribution >= 4 is 11.6 Å². The maximum absolute atomic E-state index is 6.20. The Morgan fingerprint density at radius 1 is 1.40 bits per heavy atom. The van der Waals surface area contributed by atoms with E-state index < -0.39 is 0 Å². The van der Waals surface area contributed by atoms with E-state index in [9.17, 15) is 0 Å². The first-order chi connectivity index (χ1) is 9.65. The maximum atomic E-state index is 6.20. The monoisotopic (exact) mass is 295 g/mol. The lowest BCUT2D eigenvalue weighted by molar-refractivity contribution is 0.339. The van der Waals surface area contributed by atoms with Crippen molar-refractivity contribution in [2.45, 2.75) is 45.6 Å². The average Bonchev–Trinajstić information content (AvgIpc) is 2.86. The van der Waals surface area contributed by atoms with Gasteiger partial charge in [-0.1, -0.05) is 31.9 Å². The summed E-state index contributed by atoms with van der Waals surface area (Å²) in [4.78, 5) is 0. The van der Waals surface area contributed by atoms with Gasteiger partial charge in [-0.05, 0) is 55.8 Å². The summed E-state index contributed by atoms with van der Waals surface area (Å²) in [6.45, 7) is 5.59. The van der Waals surface area contributed by atoms with Crippen molar-refractivity contribution in [2.75, 3.05) is 13.7 Å². The summed E-state index contributed by atoms with van der Waals surface area (Å²) in [6, 6.07) is 6.30. The first kappa shape index (κ1) is 15.7. The van der Waals surface area contributed by atoms with Crippen molar-refractivity contribution in [2.24, 2.45) is 11.8 Å². The normalized spacial score (nSPS) is 23.8. The summed E-state index contributed by atoms with van der Waals surface area (Å²) in [5.41, 5.74) is 1.22. The van der Waals surface area contributed by atoms with Gasteiger partial charge in [0.15, 0.2) is 0 Å². The van der Waals surface area contributed by atoms with Gasteiger partial charge in [0.2, 0.25) is 0 Å². The standard InChI is InChI=1S/C17H26ClNO/c1-4-9-19-17(13-6-5-12(2)10-13)15-11-14(18)7-8-16(15)20-3/h7-8,11-13,17,19H,4-6,9-10H2,1-3H3. The lowest BCUT2D eigenvalue weighted by Crippen LogP contribution is -2.28. The predicted molar refractivity (Wildman–Crippen MR) is 85.5 cm³/mol. The van der Waals surface area contributed by atoms with Gasteiger partial charge in [0.1, 0.15) is 5.75 Å². The molecule has 112 valence electrons. The molecular weight excluding hydrogens is 270 g/mol. The van der Waals surface area contributed by atoms with Gasteiger partial charge in [-0.25, -0.2) is 0 Å². The van der Waals surface area contributed by atoms with Gasteiger partial charge in [0.25, 0.3) is 0 Å². The summed E-state index contributed by atoms with van der Waals surface area (Å²) < 4.78 is 5.55. The molecule has 0 amide bonds. The zero-order valence-corrected chi connectivity index (χ0v) is 13.5. The molecule has 0 heterocycles. The molecular formula is C17H26ClNO. The van der Waals surface area contributed by atoms with Crippen LogP contribution in [0.3, 0.4) is 0 Å². The molecule has 1 fully saturated rings. The fourth-order valence-electron chi connectivity index (χ4n) is 3.33. The van der Waals surface area contributed by atoms with Crippen LogP contribution < -0.4 is 10.1 Å². The van der Waals surface area contributed by atoms with Crippen molar-refractivity contribution in [3.8, 4) is 5.75 Å². The van der Waals surface area contributed by atoms with Crippen LogP contribution in [0.15, 0.2) is 18.2 Å². The molecule has 0 aromatic heterocycles. The second kappa shape index (κ2) is 7.33. The first-order valence-electron chi connectivity index (χ1n) is 7.72. The Hall–Kier alpha value is -0.730. The molecule has 1 aliphatic carbocycles. The van der Waals surface area contributed by atoms with Gasteiger partial charge in [-0.3, -0.25) is 0 Å². The van der Waals surface area contributed by atoms with Crippen LogP contribution in [-0.2, 0) is 0 Å². The molecule has 2 rings (SSSR count). The zero-order valence-electron chi connectivity index (χ0n) is 12.8. The Balaban J connectivity index is 2.27. The minimum Gasteiger partial charge on any atom is -0.496 e. The molecule has 1 saturated carbocycles. The van der Waals surface area contributed by atoms with Gasteiger partial charge in [0.05, 0.1) is 7.11 Å². The highest BCUT2D eigenvalue weighted by molar-refractivity contribution is 6.30. The van der Waals surface area contributed by atoms with E-state index in [1.54, 1.807) is 7.11 Å². The third-order valence-electron chi connectivity index (χ3n) is 4.35. The summed E-state index contributed by atoms with van der Waals surface area (Å²) in [6.07, 6.45) is 5.05. The minimum absolute atomic E-state index is 0.355. The molecule has 0 spiro atoms. The fraction of sp³-hybridized carbons (Fsp3) is 0.647. The van der Waals surface area contributed by atoms with E-state index in [0.29, 0.717) is 12.0 Å². The minimum atomic E-state index is 0.355. The van der Waals surface area contributed by atoms with Crippen molar-refractivity contribution in [3.05, 3.63) is 28.8 Å². The lowest BCUT2D eigenvalue weighted by Gasteiger charge is -2.27. The first-order valence-corrected chi connectivity index (χ1v) is 8.10. The van der Waals surface area contributed by atoms with Crippen molar-refractivity contribution in [1.82, 2.24) is 5.32 Å². The van der Waals surface area contributed by atoms with Crippen LogP contribution in [0.4, 0.5) is 0 Å². The van der Waals surface area contributed by atoms with Gasteiger partial charge < -0.3 is 10.1 Å². The molecule has 0 aliphatic heterocycles. The SMILES string of the molecule is CCCNC(c1cc(Cl)ccc1OC)C1CCC(C)C1. The number of nitrogens with one attached hydrogen (secondary N) is 1. The van der Waals surface area contributed by atoms with E-state index >= 15 is 0 Å². The van der Waals surface area contributed by atoms with Crippen LogP contribution in [0.1, 0.15) is 51.1 Å². The highest BCUT2D eigenvalue weighted by Gasteiger charge is 2.31. The number of ether oxygens (including phenoxy) is 1. The van der Waals surface area contributed by atoms with Crippen molar-refractivity contribution < 1.29 is 4.74 Å². The average molecular weight is 296 g/mol. The summed E-state index contributed by atoms with van der Waals surface area (Å²) >= 11 is 6.20. The maximum Gasteiger partial charge on any atom is 0.123 e. The molecule has 1 N–H and O–H groups in total. The third-order valence-corrected chi connectivity index (χ3v) is 4.58. The molecule has 3 atom stereocenters. The highest BCUT2D eigenvalue weighted by Crippen LogP contribution is 2.42. The van der Waals surface area contributed by atoms with Crippen LogP contribution >= 0.6 is 11.6 Å². The molecule has 3 heteroatoms. The Morgan fingerprint density at radius 3 is 2.80 bits per heavy atom. The summed E-state index contributed by atoms with van der Waals surface area (Å²) in [5, 5.41) is 4.50. The van der Waals surface area contributed by atoms with Gasteiger partial charge in [-0.2, -0.15) is 0 Å². The Morgan fingerprint density at radius 2 is 2.20 bits per heavy atom. The number of hydrogen-bond acceptors (Lipinski definition) is 2. The van der Waals surface area contributed by atoms with Crippen molar-refractivity contribution in [3.63, 3.8) is 0 Å². The number of hydrogen-bond donors (Lipinski definition) is 1. The Labute approximate surface area is 127 Å². The molecule has 1 aliphatic rings. The Kier molecular flexibility index (Phi) is 5.74. The van der Waals surface area contributed by atoms with Gasteiger partial charge in [-0.15, -0.1) is 0 Å². The molecule has 20 heavy (non-hydrogen) atoms. The van der Waals surface area contributed by atoms with E-state index in [4.69, 9.17) is 16.3 Å². The largest absolute Gasteiger partial charge is 0.496 e. The summed E-state index contributed by atoms with van der Waals surface area (Å²) in [5.74, 6) is 2.46. The topological polar surface area (TPSA) is 21.3 Å². The number of halogens is 1. The molecule has 1 aromatic carbocycles. The van der Waals surface area contributed by atoms with Gasteiger partial charge in [0, 0.05) is 16.6 Å². The second-order valence-corrected chi connectivity index (χ2v) is 6.43. The lowest BCUT2D eigenvalue weighted by atomic mass is 9.90. The smallest absolute Gasteiger partial charge is 0.123 e. The molecule has 2 nitrogen and oxygen atoms in total. The van der Waals surface area contributed by atoms with E-state index in [1.807, 2.05) is 12.1 Å². The third kappa shape index (κ3) is 3.67. The number of methoxy groups -OCH3 is 1. The zero-order chi connectivity index (χ0) is 14.5. The van der Waals surface area contributed by atoms with E-state index in [-0.39, 0.29) is 0 Å². The van der Waals surface area contributed by atoms with Crippen LogP contribution in [0.5, 0.6) is 5.75 Å². The molecule has 0 saturated heterocycles. The molecule has 1 aromatic rings. The molecule has 0 radical (unpaired) electrons. The fourth-order valence-corrected chi connectivity index (χ4v) is 3.51. The van der Waals surface area contributed by atoms with Crippen LogP contribution in [0.25, 0.3) is 0 Å². The number of rotatable bonds is 6. The van der Waals surface area contributed by atoms with Crippen LogP contribution in [-0.4, -0.2) is 13.7 Å². The second-order valence-electron chi connectivity index (χ2n) is 6.00. The van der Waals surface area contributed by atoms with Crippen LogP contribution in [0, 0.1) is 11.8 Å². The van der Waals surface area contributed by atoms with E-state index in [0.717, 1.165) is 29.7 Å². The van der Waals surface area contributed by atoms with Crippen LogP contribution in [0.2, 0.25) is 5.02 Å². The molecule has 0 bridgehead atoms. The quantitative estimate of drug-likeness (QED) is 0.812. The number of benzene rings is 1. The summed E-state index contributed by atoms with van der Waals surface area (Å²) in [7, 11) is 1.74. The Bertz CT molecular complexity index is 435. The van der Waals surface area contributed by atoms with Gasteiger partial charge >= 0.3 is 0 Å². The highest BCUT2D eigenvalue weighted by atomic mass is 35.5.